The standard InChI is InChI=1S/C31H26N6/c32-29(37-31-33-18-7-19-34-31)25-11-6-10-24(20-25)21-14-16-23(17-15-21)30-35-27-13-5-4-12-26(27)28(36-30)22-8-2-1-3-9-22/h1-20,28-29H,32H2,(H,35,36)(H,33,34,37). The summed E-state index contributed by atoms with van der Waals surface area (Å²) in [6, 6.07) is 37.2. The van der Waals surface area contributed by atoms with Crippen LogP contribution in [0, 0.1) is 0 Å². The molecule has 4 N–H and O–H groups in total. The minimum atomic E-state index is -0.419. The lowest BCUT2D eigenvalue weighted by atomic mass is 9.95. The van der Waals surface area contributed by atoms with Crippen molar-refractivity contribution in [2.45, 2.75) is 12.2 Å². The van der Waals surface area contributed by atoms with E-state index in [1.54, 1.807) is 18.5 Å². The third-order valence-corrected chi connectivity index (χ3v) is 6.47. The number of aromatic nitrogens is 2. The Morgan fingerprint density at radius 2 is 1.43 bits per heavy atom. The summed E-state index contributed by atoms with van der Waals surface area (Å²) in [7, 11) is 0. The van der Waals surface area contributed by atoms with E-state index in [-0.39, 0.29) is 6.04 Å². The van der Waals surface area contributed by atoms with E-state index in [1.807, 2.05) is 18.2 Å². The molecule has 0 fully saturated rings. The summed E-state index contributed by atoms with van der Waals surface area (Å²) in [6.45, 7) is 0. The minimum Gasteiger partial charge on any atom is -0.340 e. The van der Waals surface area contributed by atoms with E-state index in [1.165, 1.54) is 11.1 Å². The van der Waals surface area contributed by atoms with Crippen molar-refractivity contribution in [3.05, 3.63) is 144 Å². The van der Waals surface area contributed by atoms with Gasteiger partial charge in [-0.25, -0.2) is 9.97 Å². The predicted molar refractivity (Wildman–Crippen MR) is 149 cm³/mol. The molecule has 0 aliphatic carbocycles. The zero-order chi connectivity index (χ0) is 25.0. The molecule has 0 saturated carbocycles. The fourth-order valence-electron chi connectivity index (χ4n) is 4.57. The Bertz CT molecular complexity index is 1530. The van der Waals surface area contributed by atoms with Crippen LogP contribution in [-0.4, -0.2) is 15.8 Å². The van der Waals surface area contributed by atoms with Crippen LogP contribution in [0.5, 0.6) is 0 Å². The molecule has 2 atom stereocenters. The van der Waals surface area contributed by atoms with Gasteiger partial charge >= 0.3 is 0 Å². The van der Waals surface area contributed by atoms with Crippen LogP contribution in [0.3, 0.4) is 0 Å². The third-order valence-electron chi connectivity index (χ3n) is 6.47. The smallest absolute Gasteiger partial charge is 0.224 e. The van der Waals surface area contributed by atoms with Crippen molar-refractivity contribution in [2.24, 2.45) is 10.7 Å². The Hall–Kier alpha value is -4.81. The van der Waals surface area contributed by atoms with Crippen LogP contribution in [0.25, 0.3) is 11.1 Å². The molecule has 6 heteroatoms. The van der Waals surface area contributed by atoms with Crippen molar-refractivity contribution in [3.8, 4) is 11.1 Å². The van der Waals surface area contributed by atoms with Crippen LogP contribution in [0.2, 0.25) is 0 Å². The first kappa shape index (κ1) is 22.6. The van der Waals surface area contributed by atoms with Crippen molar-refractivity contribution in [2.75, 3.05) is 10.6 Å². The van der Waals surface area contributed by atoms with Gasteiger partial charge in [-0.05, 0) is 40.5 Å². The van der Waals surface area contributed by atoms with Gasteiger partial charge < -0.3 is 16.4 Å². The number of anilines is 2. The molecule has 4 aromatic carbocycles. The fraction of sp³-hybridized carbons (Fsp3) is 0.0645. The highest BCUT2D eigenvalue weighted by Gasteiger charge is 2.23. The number of nitrogens with zero attached hydrogens (tertiary/aromatic N) is 3. The van der Waals surface area contributed by atoms with Gasteiger partial charge in [-0.15, -0.1) is 0 Å². The molecule has 6 rings (SSSR count). The molecule has 0 saturated heterocycles. The molecule has 5 aromatic rings. The lowest BCUT2D eigenvalue weighted by molar-refractivity contribution is 0.818. The molecule has 6 nitrogen and oxygen atoms in total. The van der Waals surface area contributed by atoms with E-state index in [0.29, 0.717) is 5.95 Å². The molecule has 1 aliphatic rings. The van der Waals surface area contributed by atoms with Crippen LogP contribution < -0.4 is 16.4 Å². The van der Waals surface area contributed by atoms with E-state index in [4.69, 9.17) is 10.7 Å². The van der Waals surface area contributed by atoms with Crippen LogP contribution in [0.4, 0.5) is 11.6 Å². The molecule has 0 bridgehead atoms. The van der Waals surface area contributed by atoms with E-state index >= 15 is 0 Å². The lowest BCUT2D eigenvalue weighted by Crippen LogP contribution is -2.22. The summed E-state index contributed by atoms with van der Waals surface area (Å²) in [6.07, 6.45) is 2.95. The van der Waals surface area contributed by atoms with Gasteiger partial charge in [0, 0.05) is 29.2 Å². The zero-order valence-corrected chi connectivity index (χ0v) is 20.1. The normalized spacial score (nSPS) is 15.2. The number of amidine groups is 1. The Labute approximate surface area is 216 Å². The molecule has 1 aliphatic heterocycles. The highest BCUT2D eigenvalue weighted by atomic mass is 15.2. The van der Waals surface area contributed by atoms with Crippen molar-refractivity contribution in [1.29, 1.82) is 0 Å². The maximum atomic E-state index is 6.38. The molecule has 37 heavy (non-hydrogen) atoms. The highest BCUT2D eigenvalue weighted by Crippen LogP contribution is 2.36. The molecule has 2 heterocycles. The average molecular weight is 483 g/mol. The number of nitrogens with one attached hydrogen (secondary N) is 2. The molecular formula is C31H26N6. The number of hydrogen-bond donors (Lipinski definition) is 3. The number of aliphatic imine (C=N–C) groups is 1. The first-order valence-electron chi connectivity index (χ1n) is 12.2. The second-order valence-corrected chi connectivity index (χ2v) is 8.90. The van der Waals surface area contributed by atoms with Gasteiger partial charge in [0.05, 0.1) is 0 Å². The second kappa shape index (κ2) is 10.0. The van der Waals surface area contributed by atoms with E-state index in [2.05, 4.69) is 106 Å². The number of hydrogen-bond acceptors (Lipinski definition) is 6. The van der Waals surface area contributed by atoms with Gasteiger partial charge in [-0.2, -0.15) is 0 Å². The SMILES string of the molecule is NC(Nc1ncccn1)c1cccc(-c2ccc(C3=NC(c4ccccc4)c4ccccc4N3)cc2)c1. The molecule has 2 unspecified atom stereocenters. The van der Waals surface area contributed by atoms with Crippen molar-refractivity contribution >= 4 is 17.5 Å². The number of rotatable bonds is 6. The van der Waals surface area contributed by atoms with Crippen molar-refractivity contribution < 1.29 is 0 Å². The summed E-state index contributed by atoms with van der Waals surface area (Å²) in [5.41, 5.74) is 14.0. The lowest BCUT2D eigenvalue weighted by Gasteiger charge is -2.26. The summed E-state index contributed by atoms with van der Waals surface area (Å²) in [4.78, 5) is 13.5. The fourth-order valence-corrected chi connectivity index (χ4v) is 4.57. The van der Waals surface area contributed by atoms with Gasteiger partial charge in [0.2, 0.25) is 5.95 Å². The largest absolute Gasteiger partial charge is 0.340 e. The Kier molecular flexibility index (Phi) is 6.15. The minimum absolute atomic E-state index is 0.0485. The van der Waals surface area contributed by atoms with E-state index < -0.39 is 6.17 Å². The quantitative estimate of drug-likeness (QED) is 0.252. The number of nitrogens with two attached hydrogens (primary N) is 1. The monoisotopic (exact) mass is 482 g/mol. The summed E-state index contributed by atoms with van der Waals surface area (Å²) in [5.74, 6) is 1.36. The maximum absolute atomic E-state index is 6.38. The maximum Gasteiger partial charge on any atom is 0.224 e. The van der Waals surface area contributed by atoms with E-state index in [0.717, 1.165) is 33.8 Å². The van der Waals surface area contributed by atoms with Crippen molar-refractivity contribution in [3.63, 3.8) is 0 Å². The van der Waals surface area contributed by atoms with Crippen molar-refractivity contribution in [1.82, 2.24) is 9.97 Å². The molecule has 1 aromatic heterocycles. The van der Waals surface area contributed by atoms with Crippen LogP contribution in [0.1, 0.15) is 34.5 Å². The number of fused-ring (bicyclic) bond motifs is 1. The van der Waals surface area contributed by atoms with E-state index in [9.17, 15) is 0 Å². The summed E-state index contributed by atoms with van der Waals surface area (Å²) >= 11 is 0. The number of para-hydroxylation sites is 1. The first-order valence-corrected chi connectivity index (χ1v) is 12.2. The van der Waals surface area contributed by atoms with Gasteiger partial charge in [0.15, 0.2) is 0 Å². The Morgan fingerprint density at radius 3 is 2.24 bits per heavy atom. The van der Waals surface area contributed by atoms with Crippen LogP contribution in [0.15, 0.2) is 127 Å². The summed E-state index contributed by atoms with van der Waals surface area (Å²) < 4.78 is 0. The molecular weight excluding hydrogens is 456 g/mol. The van der Waals surface area contributed by atoms with Crippen LogP contribution in [-0.2, 0) is 0 Å². The van der Waals surface area contributed by atoms with Crippen LogP contribution >= 0.6 is 0 Å². The average Bonchev–Trinajstić information content (AvgIpc) is 2.98. The Balaban J connectivity index is 1.26. The van der Waals surface area contributed by atoms with Gasteiger partial charge in [0.1, 0.15) is 18.0 Å². The molecule has 0 radical (unpaired) electrons. The van der Waals surface area contributed by atoms with Gasteiger partial charge in [0.25, 0.3) is 0 Å². The Morgan fingerprint density at radius 1 is 0.703 bits per heavy atom. The second-order valence-electron chi connectivity index (χ2n) is 8.90. The summed E-state index contributed by atoms with van der Waals surface area (Å²) in [5, 5.41) is 6.68. The topological polar surface area (TPSA) is 88.2 Å². The first-order chi connectivity index (χ1) is 18.2. The highest BCUT2D eigenvalue weighted by molar-refractivity contribution is 6.10. The third kappa shape index (κ3) is 4.83. The molecule has 180 valence electrons. The zero-order valence-electron chi connectivity index (χ0n) is 20.1. The predicted octanol–water partition coefficient (Wildman–Crippen LogP) is 6.17. The molecule has 0 spiro atoms. The molecule has 0 amide bonds. The number of benzene rings is 4. The van der Waals surface area contributed by atoms with Gasteiger partial charge in [-0.3, -0.25) is 4.99 Å². The van der Waals surface area contributed by atoms with Gasteiger partial charge in [-0.1, -0.05) is 91.0 Å².